The molecule has 0 atom stereocenters. The molecule has 3 heterocycles. The molecule has 0 bridgehead atoms. The van der Waals surface area contributed by atoms with E-state index >= 15 is 0 Å². The van der Waals surface area contributed by atoms with Crippen molar-refractivity contribution in [1.29, 1.82) is 0 Å². The maximum atomic E-state index is 6.71. The Hall–Kier alpha value is -7.14. The van der Waals surface area contributed by atoms with Crippen LogP contribution in [0.3, 0.4) is 0 Å². The van der Waals surface area contributed by atoms with E-state index < -0.39 is 0 Å². The fourth-order valence-corrected chi connectivity index (χ4v) is 9.18. The highest BCUT2D eigenvalue weighted by Crippen LogP contribution is 2.44. The second kappa shape index (κ2) is 13.3. The summed E-state index contributed by atoms with van der Waals surface area (Å²) < 4.78 is 9.30. The summed E-state index contributed by atoms with van der Waals surface area (Å²) in [6.45, 7) is 0. The molecule has 3 nitrogen and oxygen atoms in total. The zero-order valence-corrected chi connectivity index (χ0v) is 31.0. The van der Waals surface area contributed by atoms with Crippen molar-refractivity contribution >= 4 is 53.4 Å². The van der Waals surface area contributed by atoms with Crippen LogP contribution in [0.1, 0.15) is 0 Å². The van der Waals surface area contributed by atoms with Gasteiger partial charge in [0.1, 0.15) is 11.2 Å². The molecular weight excluding hydrogens is 701 g/mol. The second-order valence-electron chi connectivity index (χ2n) is 14.1. The van der Waals surface area contributed by atoms with Gasteiger partial charge in [-0.1, -0.05) is 164 Å². The van der Waals surface area contributed by atoms with Gasteiger partial charge in [-0.2, -0.15) is 0 Å². The van der Waals surface area contributed by atoms with Crippen LogP contribution in [0.4, 0.5) is 0 Å². The number of aromatic nitrogens is 2. The Balaban J connectivity index is 1.03. The Morgan fingerprint density at radius 2 is 0.946 bits per heavy atom. The molecule has 0 aliphatic carbocycles. The molecule has 0 fully saturated rings. The lowest BCUT2D eigenvalue weighted by Crippen LogP contribution is -1.97. The maximum absolute atomic E-state index is 6.71. The minimum Gasteiger partial charge on any atom is -0.455 e. The number of furan rings is 1. The van der Waals surface area contributed by atoms with E-state index in [0.717, 1.165) is 72.3 Å². The van der Waals surface area contributed by atoms with Gasteiger partial charge in [-0.3, -0.25) is 0 Å². The molecule has 3 aromatic heterocycles. The number of benzene rings is 8. The van der Waals surface area contributed by atoms with Gasteiger partial charge in [0.2, 0.25) is 0 Å². The largest absolute Gasteiger partial charge is 0.455 e. The van der Waals surface area contributed by atoms with E-state index in [2.05, 4.69) is 176 Å². The first kappa shape index (κ1) is 32.3. The first-order valence-electron chi connectivity index (χ1n) is 18.8. The standard InChI is InChI=1S/C52H32N2OS/c1-3-13-33(14-4-1)38-17-7-8-18-41(38)46-32-45(35-15-5-2-6-16-35)53-52(54-46)36-25-23-34(24-26-36)40-30-29-39(50-44-20-9-11-21-47(44)55-51(40)50)37-27-28-43-42-19-10-12-22-48(42)56-49(43)31-37/h1-32H. The minimum absolute atomic E-state index is 0.677. The number of hydrogen-bond donors (Lipinski definition) is 0. The number of hydrogen-bond acceptors (Lipinski definition) is 4. The van der Waals surface area contributed by atoms with Gasteiger partial charge in [-0.15, -0.1) is 11.3 Å². The summed E-state index contributed by atoms with van der Waals surface area (Å²) in [5.41, 5.74) is 13.3. The van der Waals surface area contributed by atoms with Crippen molar-refractivity contribution < 1.29 is 4.42 Å². The normalized spacial score (nSPS) is 11.6. The van der Waals surface area contributed by atoms with Crippen LogP contribution in [0.25, 0.3) is 109 Å². The molecule has 0 aliphatic heterocycles. The van der Waals surface area contributed by atoms with Crippen molar-refractivity contribution in [3.63, 3.8) is 0 Å². The van der Waals surface area contributed by atoms with Crippen LogP contribution < -0.4 is 0 Å². The van der Waals surface area contributed by atoms with E-state index in [9.17, 15) is 0 Å². The second-order valence-corrected chi connectivity index (χ2v) is 15.2. The van der Waals surface area contributed by atoms with E-state index in [1.807, 2.05) is 29.5 Å². The van der Waals surface area contributed by atoms with Gasteiger partial charge < -0.3 is 4.42 Å². The lowest BCUT2D eigenvalue weighted by Gasteiger charge is -2.13. The minimum atomic E-state index is 0.677. The third-order valence-corrected chi connectivity index (χ3v) is 11.9. The smallest absolute Gasteiger partial charge is 0.160 e. The van der Waals surface area contributed by atoms with Crippen LogP contribution >= 0.6 is 11.3 Å². The topological polar surface area (TPSA) is 38.9 Å². The average molecular weight is 733 g/mol. The van der Waals surface area contributed by atoms with Gasteiger partial charge in [-0.05, 0) is 58.1 Å². The highest BCUT2D eigenvalue weighted by atomic mass is 32.1. The van der Waals surface area contributed by atoms with Crippen LogP contribution in [0, 0.1) is 0 Å². The molecule has 0 radical (unpaired) electrons. The van der Waals surface area contributed by atoms with Crippen LogP contribution in [-0.2, 0) is 0 Å². The van der Waals surface area contributed by atoms with Gasteiger partial charge >= 0.3 is 0 Å². The van der Waals surface area contributed by atoms with Crippen LogP contribution in [0.5, 0.6) is 0 Å². The van der Waals surface area contributed by atoms with Crippen LogP contribution in [0.15, 0.2) is 199 Å². The molecule has 0 spiro atoms. The maximum Gasteiger partial charge on any atom is 0.160 e. The van der Waals surface area contributed by atoms with Crippen molar-refractivity contribution in [2.24, 2.45) is 0 Å². The lowest BCUT2D eigenvalue weighted by atomic mass is 9.94. The fraction of sp³-hybridized carbons (Fsp3) is 0. The molecule has 0 aliphatic rings. The zero-order valence-electron chi connectivity index (χ0n) is 30.2. The summed E-state index contributed by atoms with van der Waals surface area (Å²) in [6, 6.07) is 68.3. The molecule has 0 amide bonds. The molecule has 0 N–H and O–H groups in total. The third kappa shape index (κ3) is 5.50. The lowest BCUT2D eigenvalue weighted by molar-refractivity contribution is 0.670. The van der Waals surface area contributed by atoms with Gasteiger partial charge in [-0.25, -0.2) is 9.97 Å². The van der Waals surface area contributed by atoms with Gasteiger partial charge in [0, 0.05) is 53.2 Å². The Labute approximate surface area is 327 Å². The van der Waals surface area contributed by atoms with Gasteiger partial charge in [0.25, 0.3) is 0 Å². The molecule has 56 heavy (non-hydrogen) atoms. The Bertz CT molecular complexity index is 3240. The quantitative estimate of drug-likeness (QED) is 0.171. The molecule has 0 unspecified atom stereocenters. The summed E-state index contributed by atoms with van der Waals surface area (Å²) in [4.78, 5) is 10.4. The number of rotatable bonds is 6. The van der Waals surface area contributed by atoms with Crippen molar-refractivity contribution in [2.45, 2.75) is 0 Å². The van der Waals surface area contributed by atoms with Crippen molar-refractivity contribution in [2.75, 3.05) is 0 Å². The fourth-order valence-electron chi connectivity index (χ4n) is 8.04. The van der Waals surface area contributed by atoms with Crippen molar-refractivity contribution in [3.05, 3.63) is 194 Å². The Morgan fingerprint density at radius 3 is 1.77 bits per heavy atom. The summed E-state index contributed by atoms with van der Waals surface area (Å²) in [7, 11) is 0. The van der Waals surface area contributed by atoms with E-state index in [1.165, 1.54) is 31.3 Å². The number of fused-ring (bicyclic) bond motifs is 6. The molecule has 0 saturated carbocycles. The van der Waals surface area contributed by atoms with Gasteiger partial charge in [0.05, 0.1) is 11.4 Å². The predicted molar refractivity (Wildman–Crippen MR) is 235 cm³/mol. The SMILES string of the molecule is c1ccc(-c2cc(-c3ccccc3-c3ccccc3)nc(-c3ccc(-c4ccc(-c5ccc6c(c5)sc5ccccc56)c5c4oc4ccccc45)cc3)n2)cc1. The van der Waals surface area contributed by atoms with E-state index in [4.69, 9.17) is 14.4 Å². The highest BCUT2D eigenvalue weighted by molar-refractivity contribution is 7.25. The zero-order chi connectivity index (χ0) is 37.0. The van der Waals surface area contributed by atoms with Gasteiger partial charge in [0.15, 0.2) is 5.82 Å². The van der Waals surface area contributed by atoms with E-state index in [1.54, 1.807) is 0 Å². The molecule has 0 saturated heterocycles. The summed E-state index contributed by atoms with van der Waals surface area (Å²) in [5, 5.41) is 4.84. The Kier molecular flexibility index (Phi) is 7.68. The molecule has 11 aromatic rings. The number of thiophene rings is 1. The van der Waals surface area contributed by atoms with Crippen molar-refractivity contribution in [3.8, 4) is 67.3 Å². The summed E-state index contributed by atoms with van der Waals surface area (Å²) in [5.74, 6) is 0.677. The monoisotopic (exact) mass is 732 g/mol. The van der Waals surface area contributed by atoms with E-state index in [0.29, 0.717) is 5.82 Å². The summed E-state index contributed by atoms with van der Waals surface area (Å²) >= 11 is 1.85. The molecular formula is C52H32N2OS. The third-order valence-electron chi connectivity index (χ3n) is 10.8. The average Bonchev–Trinajstić information content (AvgIpc) is 3.85. The molecule has 8 aromatic carbocycles. The molecule has 4 heteroatoms. The predicted octanol–water partition coefficient (Wildman–Crippen LogP) is 14.7. The number of para-hydroxylation sites is 1. The number of nitrogens with zero attached hydrogens (tertiary/aromatic N) is 2. The van der Waals surface area contributed by atoms with E-state index in [-0.39, 0.29) is 0 Å². The Morgan fingerprint density at radius 1 is 0.357 bits per heavy atom. The van der Waals surface area contributed by atoms with Crippen molar-refractivity contribution in [1.82, 2.24) is 9.97 Å². The van der Waals surface area contributed by atoms with Crippen LogP contribution in [-0.4, -0.2) is 9.97 Å². The van der Waals surface area contributed by atoms with Crippen LogP contribution in [0.2, 0.25) is 0 Å². The first-order valence-corrected chi connectivity index (χ1v) is 19.6. The molecule has 11 rings (SSSR count). The molecule has 262 valence electrons. The highest BCUT2D eigenvalue weighted by Gasteiger charge is 2.19. The first-order chi connectivity index (χ1) is 27.7. The summed E-state index contributed by atoms with van der Waals surface area (Å²) in [6.07, 6.45) is 0.